The number of carbonyl (C=O) groups is 3. The van der Waals surface area contributed by atoms with Gasteiger partial charge in [0.1, 0.15) is 0 Å². The van der Waals surface area contributed by atoms with E-state index in [1.807, 2.05) is 20.8 Å². The zero-order chi connectivity index (χ0) is 22.3. The van der Waals surface area contributed by atoms with Crippen molar-refractivity contribution in [3.05, 3.63) is 33.8 Å². The van der Waals surface area contributed by atoms with Crippen LogP contribution >= 0.6 is 23.2 Å². The Labute approximate surface area is 186 Å². The van der Waals surface area contributed by atoms with Crippen LogP contribution in [-0.2, 0) is 18.9 Å². The minimum atomic E-state index is -0.911. The first-order valence-corrected chi connectivity index (χ1v) is 10.5. The number of nitrogens with one attached hydrogen (secondary N) is 3. The molecule has 1 saturated heterocycles. The smallest absolute Gasteiger partial charge is 0.507 e. The average Bonchev–Trinajstić information content (AvgIpc) is 2.67. The molecule has 30 heavy (non-hydrogen) atoms. The lowest BCUT2D eigenvalue weighted by molar-refractivity contribution is -0.136. The van der Waals surface area contributed by atoms with Gasteiger partial charge in [-0.3, -0.25) is 14.4 Å². The van der Waals surface area contributed by atoms with Gasteiger partial charge in [0.05, 0.1) is 29.6 Å². The molecule has 0 spiro atoms. The largest absolute Gasteiger partial charge is 0.551 e. The molecule has 0 aliphatic carbocycles. The Morgan fingerprint density at radius 2 is 2.07 bits per heavy atom. The summed E-state index contributed by atoms with van der Waals surface area (Å²) in [4.78, 5) is 36.7. The summed E-state index contributed by atoms with van der Waals surface area (Å²) in [6.45, 7) is 5.97. The molecule has 0 bridgehead atoms. The van der Waals surface area contributed by atoms with Crippen molar-refractivity contribution in [1.82, 2.24) is 16.0 Å². The highest BCUT2D eigenvalue weighted by Crippen LogP contribution is 2.20. The van der Waals surface area contributed by atoms with Crippen LogP contribution in [-0.4, -0.2) is 56.6 Å². The molecule has 0 radical (unpaired) electrons. The van der Waals surface area contributed by atoms with Crippen LogP contribution in [0.1, 0.15) is 37.6 Å². The fourth-order valence-corrected chi connectivity index (χ4v) is 3.27. The van der Waals surface area contributed by atoms with E-state index < -0.39 is 30.8 Å². The fourth-order valence-electron chi connectivity index (χ4n) is 2.89. The maximum absolute atomic E-state index is 12.5. The van der Waals surface area contributed by atoms with E-state index in [1.54, 1.807) is 6.07 Å². The number of rotatable bonds is 7. The van der Waals surface area contributed by atoms with E-state index in [9.17, 15) is 14.4 Å². The highest BCUT2D eigenvalue weighted by molar-refractivity contribution is 6.49. The Hall–Kier alpha value is -1.81. The van der Waals surface area contributed by atoms with Gasteiger partial charge in [-0.2, -0.15) is 0 Å². The zero-order valence-corrected chi connectivity index (χ0v) is 18.7. The molecular weight excluding hydrogens is 432 g/mol. The Morgan fingerprint density at radius 3 is 2.77 bits per heavy atom. The van der Waals surface area contributed by atoms with Gasteiger partial charge in [-0.15, -0.1) is 0 Å². The lowest BCUT2D eigenvalue weighted by atomic mass is 9.73. The second-order valence-electron chi connectivity index (χ2n) is 7.58. The molecule has 1 fully saturated rings. The molecule has 1 aliphatic heterocycles. The van der Waals surface area contributed by atoms with Crippen molar-refractivity contribution < 1.29 is 23.7 Å². The molecule has 164 valence electrons. The zero-order valence-electron chi connectivity index (χ0n) is 17.2. The van der Waals surface area contributed by atoms with Gasteiger partial charge in [0.25, 0.3) is 5.91 Å². The number of amides is 2. The Kier molecular flexibility index (Phi) is 9.42. The molecule has 2 amide bonds. The monoisotopic (exact) mass is 457 g/mol. The number of hydrogen-bond donors (Lipinski definition) is 3. The van der Waals surface area contributed by atoms with Crippen molar-refractivity contribution in [3.8, 4) is 0 Å². The summed E-state index contributed by atoms with van der Waals surface area (Å²) in [7, 11) is -0.911. The highest BCUT2D eigenvalue weighted by Gasteiger charge is 2.37. The fraction of sp³-hybridized carbons (Fsp3) is 0.526. The maximum atomic E-state index is 12.5. The molecule has 11 heteroatoms. The Balaban J connectivity index is 1.99. The van der Waals surface area contributed by atoms with Gasteiger partial charge in [-0.25, -0.2) is 0 Å². The van der Waals surface area contributed by atoms with Crippen LogP contribution in [0.2, 0.25) is 10.0 Å². The first kappa shape index (κ1) is 24.5. The van der Waals surface area contributed by atoms with E-state index in [0.717, 1.165) is 0 Å². The van der Waals surface area contributed by atoms with Crippen molar-refractivity contribution in [2.75, 3.05) is 19.7 Å². The Bertz CT molecular complexity index is 781. The SMILES string of the molecule is CC(C)C[C@H](NC(=O)CNC(=O)c1cc(Cl)ccc1Cl)B1OC[C@@H](C)NCC(=O)O1. The first-order valence-electron chi connectivity index (χ1n) is 9.72. The molecule has 2 atom stereocenters. The van der Waals surface area contributed by atoms with Gasteiger partial charge < -0.3 is 25.3 Å². The number of benzene rings is 1. The molecule has 1 aliphatic rings. The number of carbonyl (C=O) groups excluding carboxylic acids is 3. The molecule has 0 unspecified atom stereocenters. The third kappa shape index (κ3) is 7.79. The van der Waals surface area contributed by atoms with Crippen molar-refractivity contribution in [2.45, 2.75) is 39.2 Å². The quantitative estimate of drug-likeness (QED) is 0.539. The number of halogens is 2. The van der Waals surface area contributed by atoms with Crippen LogP contribution in [0.5, 0.6) is 0 Å². The summed E-state index contributed by atoms with van der Waals surface area (Å²) in [5, 5.41) is 8.88. The van der Waals surface area contributed by atoms with E-state index >= 15 is 0 Å². The minimum absolute atomic E-state index is 0.0301. The van der Waals surface area contributed by atoms with E-state index in [-0.39, 0.29) is 35.6 Å². The van der Waals surface area contributed by atoms with Gasteiger partial charge in [-0.1, -0.05) is 37.0 Å². The highest BCUT2D eigenvalue weighted by atomic mass is 35.5. The molecule has 8 nitrogen and oxygen atoms in total. The van der Waals surface area contributed by atoms with Gasteiger partial charge in [-0.05, 0) is 37.5 Å². The van der Waals surface area contributed by atoms with Crippen molar-refractivity contribution in [1.29, 1.82) is 0 Å². The molecule has 1 aromatic rings. The van der Waals surface area contributed by atoms with Crippen LogP contribution < -0.4 is 16.0 Å². The summed E-state index contributed by atoms with van der Waals surface area (Å²) in [5.41, 5.74) is 0.175. The second kappa shape index (κ2) is 11.5. The Morgan fingerprint density at radius 1 is 1.33 bits per heavy atom. The third-order valence-electron chi connectivity index (χ3n) is 4.34. The average molecular weight is 458 g/mol. The maximum Gasteiger partial charge on any atom is 0.551 e. The predicted octanol–water partition coefficient (Wildman–Crippen LogP) is 1.83. The molecule has 0 saturated carbocycles. The lowest BCUT2D eigenvalue weighted by Crippen LogP contribution is -2.55. The van der Waals surface area contributed by atoms with E-state index in [1.165, 1.54) is 12.1 Å². The second-order valence-corrected chi connectivity index (χ2v) is 8.43. The van der Waals surface area contributed by atoms with Crippen molar-refractivity contribution in [3.63, 3.8) is 0 Å². The lowest BCUT2D eigenvalue weighted by Gasteiger charge is -2.28. The third-order valence-corrected chi connectivity index (χ3v) is 4.90. The summed E-state index contributed by atoms with van der Waals surface area (Å²) >= 11 is 11.9. The molecule has 3 N–H and O–H groups in total. The van der Waals surface area contributed by atoms with Crippen molar-refractivity contribution >= 4 is 48.1 Å². The van der Waals surface area contributed by atoms with Crippen LogP contribution in [0.4, 0.5) is 0 Å². The van der Waals surface area contributed by atoms with Crippen molar-refractivity contribution in [2.24, 2.45) is 5.92 Å². The van der Waals surface area contributed by atoms with Crippen LogP contribution in [0.3, 0.4) is 0 Å². The standard InChI is InChI=1S/C19H26BCl2N3O5/c1-11(2)6-16(20-29-10-12(3)23-9-18(27)30-20)25-17(26)8-24-19(28)14-7-13(21)4-5-15(14)22/h4-5,7,11-12,16,23H,6,8-10H2,1-3H3,(H,24,28)(H,25,26)/t12-,16+/m1/s1. The van der Waals surface area contributed by atoms with Gasteiger partial charge >= 0.3 is 13.1 Å². The topological polar surface area (TPSA) is 106 Å². The normalized spacial score (nSPS) is 18.3. The predicted molar refractivity (Wildman–Crippen MR) is 115 cm³/mol. The van der Waals surface area contributed by atoms with E-state index in [2.05, 4.69) is 16.0 Å². The summed E-state index contributed by atoms with van der Waals surface area (Å²) in [6, 6.07) is 4.47. The first-order chi connectivity index (χ1) is 14.2. The van der Waals surface area contributed by atoms with E-state index in [4.69, 9.17) is 32.5 Å². The van der Waals surface area contributed by atoms with Gasteiger partial charge in [0.2, 0.25) is 5.91 Å². The minimum Gasteiger partial charge on any atom is -0.507 e. The molecule has 0 aromatic heterocycles. The van der Waals surface area contributed by atoms with Crippen LogP contribution in [0.25, 0.3) is 0 Å². The molecule has 1 heterocycles. The molecular formula is C19H26BCl2N3O5. The van der Waals surface area contributed by atoms with Crippen LogP contribution in [0, 0.1) is 5.92 Å². The number of hydrogen-bond acceptors (Lipinski definition) is 6. The van der Waals surface area contributed by atoms with E-state index in [0.29, 0.717) is 18.1 Å². The van der Waals surface area contributed by atoms with Crippen LogP contribution in [0.15, 0.2) is 18.2 Å². The molecule has 2 rings (SSSR count). The van der Waals surface area contributed by atoms with Gasteiger partial charge in [0.15, 0.2) is 0 Å². The summed E-state index contributed by atoms with van der Waals surface area (Å²) in [5.74, 6) is -1.78. The summed E-state index contributed by atoms with van der Waals surface area (Å²) in [6.07, 6.45) is 0.527. The molecule has 1 aromatic carbocycles. The van der Waals surface area contributed by atoms with Gasteiger partial charge in [0, 0.05) is 17.7 Å². The summed E-state index contributed by atoms with van der Waals surface area (Å²) < 4.78 is 11.1.